The summed E-state index contributed by atoms with van der Waals surface area (Å²) in [5.74, 6) is 3.07. The molecule has 0 bridgehead atoms. The second-order valence-corrected chi connectivity index (χ2v) is 1.12. The molecule has 0 rings (SSSR count). The third kappa shape index (κ3) is 3.65. The van der Waals surface area contributed by atoms with Crippen LogP contribution in [0.15, 0.2) is 12.2 Å². The van der Waals surface area contributed by atoms with E-state index in [1.807, 2.05) is 6.08 Å². The highest BCUT2D eigenvalue weighted by molar-refractivity contribution is 7.80. The molecule has 0 saturated heterocycles. The first-order valence-electron chi connectivity index (χ1n) is 1.64. The van der Waals surface area contributed by atoms with Crippen molar-refractivity contribution in [1.82, 2.24) is 0 Å². The van der Waals surface area contributed by atoms with Crippen molar-refractivity contribution in [2.75, 3.05) is 5.75 Å². The fourth-order valence-corrected chi connectivity index (χ4v) is 0.226. The molecule has 0 aromatic heterocycles. The zero-order valence-corrected chi connectivity index (χ0v) is 4.28. The minimum absolute atomic E-state index is 0.726. The Morgan fingerprint density at radius 2 is 2.50 bits per heavy atom. The molecule has 0 aliphatic carbocycles. The van der Waals surface area contributed by atoms with E-state index in [1.165, 1.54) is 0 Å². The highest BCUT2D eigenvalue weighted by Crippen LogP contribution is 1.72. The van der Waals surface area contributed by atoms with Crippen LogP contribution in [0.1, 0.15) is 0 Å². The van der Waals surface area contributed by atoms with Gasteiger partial charge in [-0.05, 0) is 6.08 Å². The largest absolute Gasteiger partial charge is 0.175 e. The summed E-state index contributed by atoms with van der Waals surface area (Å²) in [5.41, 5.74) is 0. The van der Waals surface area contributed by atoms with Crippen molar-refractivity contribution in [3.63, 3.8) is 0 Å². The van der Waals surface area contributed by atoms with Gasteiger partial charge in [0.1, 0.15) is 0 Å². The van der Waals surface area contributed by atoms with Crippen molar-refractivity contribution in [3.8, 4) is 12.3 Å². The normalized spacial score (nSPS) is 8.67. The van der Waals surface area contributed by atoms with Crippen LogP contribution >= 0.6 is 12.6 Å². The van der Waals surface area contributed by atoms with E-state index in [2.05, 4.69) is 18.5 Å². The molecule has 0 aromatic carbocycles. The molecule has 0 nitrogen and oxygen atoms in total. The van der Waals surface area contributed by atoms with Crippen molar-refractivity contribution in [1.29, 1.82) is 0 Å². The second kappa shape index (κ2) is 4.65. The number of rotatable bonds is 1. The quantitative estimate of drug-likeness (QED) is 0.368. The van der Waals surface area contributed by atoms with Crippen LogP contribution in [0, 0.1) is 12.3 Å². The molecule has 0 spiro atoms. The highest BCUT2D eigenvalue weighted by Gasteiger charge is 1.55. The molecule has 0 heterocycles. The average Bonchev–Trinajstić information content (AvgIpc) is 1.61. The summed E-state index contributed by atoms with van der Waals surface area (Å²) in [7, 11) is 0. The highest BCUT2D eigenvalue weighted by atomic mass is 32.1. The fourth-order valence-electron chi connectivity index (χ4n) is 0.121. The van der Waals surface area contributed by atoms with E-state index in [-0.39, 0.29) is 0 Å². The van der Waals surface area contributed by atoms with Crippen LogP contribution in [0.25, 0.3) is 0 Å². The number of thiol groups is 1. The van der Waals surface area contributed by atoms with Crippen molar-refractivity contribution < 1.29 is 0 Å². The minimum Gasteiger partial charge on any atom is -0.175 e. The molecule has 0 aliphatic rings. The van der Waals surface area contributed by atoms with Crippen molar-refractivity contribution in [2.24, 2.45) is 0 Å². The Balaban J connectivity index is 3.02. The van der Waals surface area contributed by atoms with Gasteiger partial charge in [0.2, 0.25) is 0 Å². The van der Waals surface area contributed by atoms with Gasteiger partial charge in [-0.1, -0.05) is 12.0 Å². The zero-order valence-electron chi connectivity index (χ0n) is 3.39. The predicted molar refractivity (Wildman–Crippen MR) is 31.8 cm³/mol. The SMILES string of the molecule is C#C/C=C/CS. The number of hydrogen-bond acceptors (Lipinski definition) is 1. The molecule has 0 radical (unpaired) electrons. The maximum absolute atomic E-state index is 4.84. The summed E-state index contributed by atoms with van der Waals surface area (Å²) < 4.78 is 0. The lowest BCUT2D eigenvalue weighted by atomic mass is 10.5. The summed E-state index contributed by atoms with van der Waals surface area (Å²) >= 11 is 3.87. The summed E-state index contributed by atoms with van der Waals surface area (Å²) in [5, 5.41) is 0. The molecule has 6 heavy (non-hydrogen) atoms. The van der Waals surface area contributed by atoms with Crippen molar-refractivity contribution in [3.05, 3.63) is 12.2 Å². The Morgan fingerprint density at radius 1 is 1.83 bits per heavy atom. The van der Waals surface area contributed by atoms with Gasteiger partial charge in [-0.15, -0.1) is 6.42 Å². The summed E-state index contributed by atoms with van der Waals surface area (Å²) in [6.45, 7) is 0. The lowest BCUT2D eigenvalue weighted by Gasteiger charge is -1.65. The van der Waals surface area contributed by atoms with Gasteiger partial charge < -0.3 is 0 Å². The minimum atomic E-state index is 0.726. The van der Waals surface area contributed by atoms with Gasteiger partial charge in [-0.2, -0.15) is 12.6 Å². The Bertz CT molecular complexity index is 76.4. The first kappa shape index (κ1) is 5.65. The fraction of sp³-hybridized carbons (Fsp3) is 0.200. The van der Waals surface area contributed by atoms with E-state index in [1.54, 1.807) is 6.08 Å². The Kier molecular flexibility index (Phi) is 4.38. The molecule has 0 atom stereocenters. The maximum Gasteiger partial charge on any atom is 0.00919 e. The Labute approximate surface area is 43.7 Å². The van der Waals surface area contributed by atoms with Crippen LogP contribution < -0.4 is 0 Å². The van der Waals surface area contributed by atoms with Gasteiger partial charge in [0.05, 0.1) is 0 Å². The van der Waals surface area contributed by atoms with Crippen LogP contribution in [0.4, 0.5) is 0 Å². The van der Waals surface area contributed by atoms with Crippen LogP contribution in [0.2, 0.25) is 0 Å². The molecule has 0 saturated carbocycles. The smallest absolute Gasteiger partial charge is 0.00919 e. The van der Waals surface area contributed by atoms with Gasteiger partial charge in [0.25, 0.3) is 0 Å². The van der Waals surface area contributed by atoms with E-state index in [0.717, 1.165) is 5.75 Å². The molecule has 0 N–H and O–H groups in total. The second-order valence-electron chi connectivity index (χ2n) is 0.752. The maximum atomic E-state index is 4.84. The van der Waals surface area contributed by atoms with E-state index < -0.39 is 0 Å². The van der Waals surface area contributed by atoms with Gasteiger partial charge in [0, 0.05) is 5.75 Å². The van der Waals surface area contributed by atoms with Crippen molar-refractivity contribution >= 4 is 12.6 Å². The Hall–Kier alpha value is -0.350. The van der Waals surface area contributed by atoms with Crippen molar-refractivity contribution in [2.45, 2.75) is 0 Å². The van der Waals surface area contributed by atoms with E-state index in [4.69, 9.17) is 6.42 Å². The molecule has 0 aliphatic heterocycles. The van der Waals surface area contributed by atoms with Crippen LogP contribution in [0.3, 0.4) is 0 Å². The number of hydrogen-bond donors (Lipinski definition) is 1. The van der Waals surface area contributed by atoms with Crippen LogP contribution in [-0.4, -0.2) is 5.75 Å². The average molecular weight is 98.2 g/mol. The lowest BCUT2D eigenvalue weighted by Crippen LogP contribution is -1.53. The lowest BCUT2D eigenvalue weighted by molar-refractivity contribution is 1.80. The summed E-state index contributed by atoms with van der Waals surface area (Å²) in [6.07, 6.45) is 8.28. The van der Waals surface area contributed by atoms with Gasteiger partial charge in [-0.25, -0.2) is 0 Å². The molecule has 0 fully saturated rings. The van der Waals surface area contributed by atoms with Crippen LogP contribution in [0.5, 0.6) is 0 Å². The molecular formula is C5H6S. The number of allylic oxidation sites excluding steroid dienone is 1. The topological polar surface area (TPSA) is 0 Å². The zero-order chi connectivity index (χ0) is 4.83. The molecule has 1 heteroatoms. The number of terminal acetylenes is 1. The molecule has 0 unspecified atom stereocenters. The first-order valence-corrected chi connectivity index (χ1v) is 2.27. The molecule has 0 aromatic rings. The third-order valence-electron chi connectivity index (χ3n) is 0.319. The first-order chi connectivity index (χ1) is 2.91. The third-order valence-corrected chi connectivity index (χ3v) is 0.530. The standard InChI is InChI=1S/C5H6S/c1-2-3-4-5-6/h1,3-4,6H,5H2/b4-3+. The molecule has 0 amide bonds. The Morgan fingerprint density at radius 3 is 2.67 bits per heavy atom. The summed E-state index contributed by atoms with van der Waals surface area (Å²) in [4.78, 5) is 0. The van der Waals surface area contributed by atoms with Crippen LogP contribution in [-0.2, 0) is 0 Å². The summed E-state index contributed by atoms with van der Waals surface area (Å²) in [6, 6.07) is 0. The van der Waals surface area contributed by atoms with E-state index in [9.17, 15) is 0 Å². The van der Waals surface area contributed by atoms with E-state index in [0.29, 0.717) is 0 Å². The van der Waals surface area contributed by atoms with Gasteiger partial charge >= 0.3 is 0 Å². The monoisotopic (exact) mass is 98.0 g/mol. The predicted octanol–water partition coefficient (Wildman–Crippen LogP) is 1.11. The van der Waals surface area contributed by atoms with Gasteiger partial charge in [-0.3, -0.25) is 0 Å². The van der Waals surface area contributed by atoms with E-state index >= 15 is 0 Å². The molecular weight excluding hydrogens is 92.1 g/mol. The van der Waals surface area contributed by atoms with Gasteiger partial charge in [0.15, 0.2) is 0 Å². The molecule has 32 valence electrons.